The minimum atomic E-state index is -0.599. The number of rotatable bonds is 6. The summed E-state index contributed by atoms with van der Waals surface area (Å²) in [5, 5.41) is 6.93. The molecule has 2 aromatic heterocycles. The summed E-state index contributed by atoms with van der Waals surface area (Å²) in [5.74, 6) is -0.379. The third-order valence-corrected chi connectivity index (χ3v) is 4.40. The average Bonchev–Trinajstić information content (AvgIpc) is 3.12. The lowest BCUT2D eigenvalue weighted by atomic mass is 10.1. The molecule has 8 heteroatoms. The summed E-state index contributed by atoms with van der Waals surface area (Å²) in [6.07, 6.45) is -0.422. The van der Waals surface area contributed by atoms with Crippen LogP contribution in [0.5, 0.6) is 0 Å². The van der Waals surface area contributed by atoms with E-state index in [-0.39, 0.29) is 31.2 Å². The second-order valence-corrected chi connectivity index (χ2v) is 6.40. The van der Waals surface area contributed by atoms with Gasteiger partial charge in [0.1, 0.15) is 12.2 Å². The molecule has 0 spiro atoms. The summed E-state index contributed by atoms with van der Waals surface area (Å²) < 4.78 is 15.3. The fraction of sp³-hybridized carbons (Fsp3) is 0.211. The number of esters is 1. The highest BCUT2D eigenvalue weighted by Crippen LogP contribution is 2.22. The minimum Gasteiger partial charge on any atom is -0.461 e. The van der Waals surface area contributed by atoms with E-state index in [9.17, 15) is 14.4 Å². The molecular weight excluding hydrogens is 370 g/mol. The van der Waals surface area contributed by atoms with Crippen molar-refractivity contribution in [3.63, 3.8) is 0 Å². The van der Waals surface area contributed by atoms with Gasteiger partial charge in [-0.3, -0.25) is 10.1 Å². The van der Waals surface area contributed by atoms with Gasteiger partial charge in [0.2, 0.25) is 0 Å². The molecule has 0 aliphatic rings. The number of benzene rings is 1. The van der Waals surface area contributed by atoms with Gasteiger partial charge in [-0.2, -0.15) is 11.3 Å². The van der Waals surface area contributed by atoms with E-state index >= 15 is 0 Å². The van der Waals surface area contributed by atoms with Gasteiger partial charge in [-0.15, -0.1) is 0 Å². The molecule has 0 radical (unpaired) electrons. The Balaban J connectivity index is 1.76. The van der Waals surface area contributed by atoms with Gasteiger partial charge in [0.25, 0.3) is 0 Å². The molecule has 0 bridgehead atoms. The largest absolute Gasteiger partial charge is 0.461 e. The predicted molar refractivity (Wildman–Crippen MR) is 101 cm³/mol. The Morgan fingerprint density at radius 2 is 2.04 bits per heavy atom. The highest BCUT2D eigenvalue weighted by molar-refractivity contribution is 7.08. The molecule has 2 heterocycles. The third-order valence-electron chi connectivity index (χ3n) is 3.67. The van der Waals surface area contributed by atoms with Crippen LogP contribution in [0.1, 0.15) is 18.1 Å². The SMILES string of the molecule is CCOC(=O)Nc1ccc2c(COC(=O)Cc3ccsc3)cc(=O)oc2c1. The van der Waals surface area contributed by atoms with Gasteiger partial charge in [0, 0.05) is 28.8 Å². The lowest BCUT2D eigenvalue weighted by Crippen LogP contribution is -2.13. The molecule has 0 saturated carbocycles. The molecule has 0 atom stereocenters. The number of hydrogen-bond acceptors (Lipinski definition) is 7. The molecule has 1 aromatic carbocycles. The Morgan fingerprint density at radius 1 is 1.19 bits per heavy atom. The van der Waals surface area contributed by atoms with Crippen LogP contribution in [0.25, 0.3) is 11.0 Å². The van der Waals surface area contributed by atoms with Gasteiger partial charge < -0.3 is 13.9 Å². The molecular formula is C19H17NO6S. The van der Waals surface area contributed by atoms with Crippen LogP contribution in [0.2, 0.25) is 0 Å². The standard InChI is InChI=1S/C19H17NO6S/c1-2-24-19(23)20-14-3-4-15-13(8-18(22)26-16(15)9-14)10-25-17(21)7-12-5-6-27-11-12/h3-6,8-9,11H,2,7,10H2,1H3,(H,20,23). The van der Waals surface area contributed by atoms with E-state index in [1.807, 2.05) is 16.8 Å². The summed E-state index contributed by atoms with van der Waals surface area (Å²) in [4.78, 5) is 35.3. The zero-order valence-electron chi connectivity index (χ0n) is 14.5. The highest BCUT2D eigenvalue weighted by Gasteiger charge is 2.11. The van der Waals surface area contributed by atoms with Gasteiger partial charge in [-0.1, -0.05) is 0 Å². The van der Waals surface area contributed by atoms with Crippen molar-refractivity contribution in [2.24, 2.45) is 0 Å². The van der Waals surface area contributed by atoms with Gasteiger partial charge in [0.05, 0.1) is 13.0 Å². The van der Waals surface area contributed by atoms with Crippen molar-refractivity contribution in [2.45, 2.75) is 20.0 Å². The third kappa shape index (κ3) is 4.95. The van der Waals surface area contributed by atoms with Gasteiger partial charge in [-0.25, -0.2) is 9.59 Å². The Morgan fingerprint density at radius 3 is 2.78 bits per heavy atom. The summed E-state index contributed by atoms with van der Waals surface area (Å²) in [5.41, 5.74) is 1.55. The summed E-state index contributed by atoms with van der Waals surface area (Å²) in [6.45, 7) is 1.90. The fourth-order valence-electron chi connectivity index (χ4n) is 2.48. The second-order valence-electron chi connectivity index (χ2n) is 5.62. The molecule has 3 rings (SSSR count). The molecule has 27 heavy (non-hydrogen) atoms. The van der Waals surface area contributed by atoms with Crippen LogP contribution in [0.4, 0.5) is 10.5 Å². The summed E-state index contributed by atoms with van der Waals surface area (Å²) >= 11 is 1.51. The molecule has 0 fully saturated rings. The number of ether oxygens (including phenoxy) is 2. The Bertz CT molecular complexity index is 1010. The molecule has 0 aliphatic heterocycles. The van der Waals surface area contributed by atoms with Crippen LogP contribution in [0, 0.1) is 0 Å². The molecule has 0 unspecified atom stereocenters. The molecule has 140 valence electrons. The fourth-order valence-corrected chi connectivity index (χ4v) is 3.15. The van der Waals surface area contributed by atoms with E-state index in [0.717, 1.165) is 5.56 Å². The van der Waals surface area contributed by atoms with E-state index in [1.54, 1.807) is 19.1 Å². The van der Waals surface area contributed by atoms with Crippen LogP contribution in [-0.4, -0.2) is 18.7 Å². The first-order valence-electron chi connectivity index (χ1n) is 8.22. The Labute approximate surface area is 158 Å². The molecule has 1 amide bonds. The van der Waals surface area contributed by atoms with Crippen LogP contribution in [-0.2, 0) is 27.3 Å². The first-order valence-corrected chi connectivity index (χ1v) is 9.16. The number of amides is 1. The van der Waals surface area contributed by atoms with Crippen molar-refractivity contribution in [3.8, 4) is 0 Å². The first kappa shape index (κ1) is 18.7. The van der Waals surface area contributed by atoms with E-state index in [1.165, 1.54) is 23.5 Å². The van der Waals surface area contributed by atoms with Gasteiger partial charge in [-0.05, 0) is 41.4 Å². The number of fused-ring (bicyclic) bond motifs is 1. The normalized spacial score (nSPS) is 10.6. The van der Waals surface area contributed by atoms with Crippen LogP contribution in [0.3, 0.4) is 0 Å². The van der Waals surface area contributed by atoms with Crippen molar-refractivity contribution >= 4 is 40.1 Å². The molecule has 7 nitrogen and oxygen atoms in total. The van der Waals surface area contributed by atoms with Crippen molar-refractivity contribution in [1.82, 2.24) is 0 Å². The van der Waals surface area contributed by atoms with Crippen LogP contribution < -0.4 is 10.9 Å². The van der Waals surface area contributed by atoms with E-state index in [4.69, 9.17) is 13.9 Å². The Hall–Kier alpha value is -3.13. The topological polar surface area (TPSA) is 94.8 Å². The monoisotopic (exact) mass is 387 g/mol. The Kier molecular flexibility index (Phi) is 5.87. The second kappa shape index (κ2) is 8.50. The first-order chi connectivity index (χ1) is 13.0. The lowest BCUT2D eigenvalue weighted by molar-refractivity contribution is -0.144. The maximum Gasteiger partial charge on any atom is 0.411 e. The number of thiophene rings is 1. The maximum absolute atomic E-state index is 12.0. The van der Waals surface area contributed by atoms with Crippen molar-refractivity contribution in [3.05, 3.63) is 62.6 Å². The zero-order valence-corrected chi connectivity index (χ0v) is 15.3. The molecule has 3 aromatic rings. The number of carbonyl (C=O) groups is 2. The lowest BCUT2D eigenvalue weighted by Gasteiger charge is -2.09. The van der Waals surface area contributed by atoms with Crippen LogP contribution in [0.15, 0.2) is 50.3 Å². The van der Waals surface area contributed by atoms with Gasteiger partial charge in [0.15, 0.2) is 0 Å². The van der Waals surface area contributed by atoms with E-state index < -0.39 is 11.7 Å². The molecule has 1 N–H and O–H groups in total. The van der Waals surface area contributed by atoms with E-state index in [0.29, 0.717) is 16.6 Å². The van der Waals surface area contributed by atoms with Crippen molar-refractivity contribution in [1.29, 1.82) is 0 Å². The summed E-state index contributed by atoms with van der Waals surface area (Å²) in [7, 11) is 0. The molecule has 0 saturated heterocycles. The number of hydrogen-bond donors (Lipinski definition) is 1. The van der Waals surface area contributed by atoms with Crippen molar-refractivity contribution in [2.75, 3.05) is 11.9 Å². The number of anilines is 1. The quantitative estimate of drug-likeness (QED) is 0.512. The smallest absolute Gasteiger partial charge is 0.411 e. The van der Waals surface area contributed by atoms with Crippen molar-refractivity contribution < 1.29 is 23.5 Å². The number of nitrogens with one attached hydrogen (secondary N) is 1. The predicted octanol–water partition coefficient (Wildman–Crippen LogP) is 3.71. The van der Waals surface area contributed by atoms with Gasteiger partial charge >= 0.3 is 17.7 Å². The van der Waals surface area contributed by atoms with E-state index in [2.05, 4.69) is 5.32 Å². The van der Waals surface area contributed by atoms with Crippen LogP contribution >= 0.6 is 11.3 Å². The summed E-state index contributed by atoms with van der Waals surface area (Å²) in [6, 6.07) is 8.00. The zero-order chi connectivity index (χ0) is 19.2. The highest BCUT2D eigenvalue weighted by atomic mass is 32.1. The number of carbonyl (C=O) groups excluding carboxylic acids is 2. The maximum atomic E-state index is 12.0. The average molecular weight is 387 g/mol. The molecule has 0 aliphatic carbocycles. The minimum absolute atomic E-state index is 0.0459.